The van der Waals surface area contributed by atoms with Crippen LogP contribution < -0.4 is 9.80 Å². The fraction of sp³-hybridized carbons (Fsp3) is 0.290. The van der Waals surface area contributed by atoms with Crippen molar-refractivity contribution >= 4 is 29.3 Å². The lowest BCUT2D eigenvalue weighted by Crippen LogP contribution is -2.38. The summed E-state index contributed by atoms with van der Waals surface area (Å²) in [7, 11) is 4.03. The maximum absolute atomic E-state index is 13.7. The van der Waals surface area contributed by atoms with Crippen molar-refractivity contribution in [1.29, 1.82) is 0 Å². The fourth-order valence-electron chi connectivity index (χ4n) is 4.81. The molecule has 0 radical (unpaired) electrons. The average molecular weight is 499 g/mol. The Hall–Kier alpha value is -3.90. The molecule has 1 fully saturated rings. The number of carbonyl (C=O) groups excluding carboxylic acids is 1. The van der Waals surface area contributed by atoms with E-state index in [2.05, 4.69) is 41.3 Å². The summed E-state index contributed by atoms with van der Waals surface area (Å²) in [6.45, 7) is 0.386. The van der Waals surface area contributed by atoms with Gasteiger partial charge in [0.15, 0.2) is 0 Å². The number of anilines is 2. The van der Waals surface area contributed by atoms with E-state index in [0.717, 1.165) is 47.7 Å². The number of aliphatic carboxylic acids is 1. The van der Waals surface area contributed by atoms with Crippen LogP contribution in [0.1, 0.15) is 36.8 Å². The molecule has 1 saturated carbocycles. The molecular formula is C31H34N2O4. The molecule has 3 aromatic rings. The Bertz CT molecular complexity index is 1250. The molecular weight excluding hydrogens is 464 g/mol. The molecule has 6 nitrogen and oxygen atoms in total. The maximum atomic E-state index is 13.7. The summed E-state index contributed by atoms with van der Waals surface area (Å²) in [4.78, 5) is 28.5. The van der Waals surface area contributed by atoms with Gasteiger partial charge in [-0.15, -0.1) is 0 Å². The zero-order valence-electron chi connectivity index (χ0n) is 21.4. The van der Waals surface area contributed by atoms with Gasteiger partial charge >= 0.3 is 5.97 Å². The molecule has 0 bridgehead atoms. The zero-order chi connectivity index (χ0) is 26.4. The molecule has 192 valence electrons. The summed E-state index contributed by atoms with van der Waals surface area (Å²) in [5.74, 6) is -1.27. The highest BCUT2D eigenvalue weighted by atomic mass is 16.4. The van der Waals surface area contributed by atoms with Crippen molar-refractivity contribution in [3.05, 3.63) is 90.0 Å². The molecule has 3 aromatic carbocycles. The Morgan fingerprint density at radius 3 is 2.22 bits per heavy atom. The first-order valence-corrected chi connectivity index (χ1v) is 12.7. The minimum absolute atomic E-state index is 0.0125. The highest BCUT2D eigenvalue weighted by molar-refractivity contribution is 5.95. The molecule has 6 heteroatoms. The van der Waals surface area contributed by atoms with Gasteiger partial charge in [0.2, 0.25) is 5.91 Å². The van der Waals surface area contributed by atoms with Crippen molar-refractivity contribution in [2.45, 2.75) is 38.3 Å². The first-order valence-electron chi connectivity index (χ1n) is 12.7. The second-order valence-corrected chi connectivity index (χ2v) is 9.85. The number of carboxylic acid groups (broad SMARTS) is 1. The van der Waals surface area contributed by atoms with Gasteiger partial charge in [-0.25, -0.2) is 4.79 Å². The molecule has 4 rings (SSSR count). The Morgan fingerprint density at radius 1 is 0.919 bits per heavy atom. The Kier molecular flexibility index (Phi) is 8.41. The maximum Gasteiger partial charge on any atom is 0.328 e. The summed E-state index contributed by atoms with van der Waals surface area (Å²) >= 11 is 0. The normalized spacial score (nSPS) is 17.5. The summed E-state index contributed by atoms with van der Waals surface area (Å²) < 4.78 is 0. The highest BCUT2D eigenvalue weighted by Gasteiger charge is 2.30. The lowest BCUT2D eigenvalue weighted by Gasteiger charge is -2.31. The van der Waals surface area contributed by atoms with E-state index in [9.17, 15) is 14.7 Å². The highest BCUT2D eigenvalue weighted by Crippen LogP contribution is 2.30. The van der Waals surface area contributed by atoms with Gasteiger partial charge in [0.1, 0.15) is 0 Å². The number of hydrogen-bond acceptors (Lipinski definition) is 4. The molecule has 37 heavy (non-hydrogen) atoms. The number of nitrogens with zero attached hydrogens (tertiary/aromatic N) is 2. The number of hydrogen-bond donors (Lipinski definition) is 2. The molecule has 2 atom stereocenters. The van der Waals surface area contributed by atoms with Gasteiger partial charge in [-0.2, -0.15) is 0 Å². The van der Waals surface area contributed by atoms with Crippen LogP contribution in [0.4, 0.5) is 11.4 Å². The second kappa shape index (κ2) is 11.9. The van der Waals surface area contributed by atoms with E-state index in [0.29, 0.717) is 24.2 Å². The van der Waals surface area contributed by atoms with Crippen LogP contribution >= 0.6 is 0 Å². The van der Waals surface area contributed by atoms with Crippen molar-refractivity contribution in [1.82, 2.24) is 0 Å². The minimum Gasteiger partial charge on any atom is -0.478 e. The van der Waals surface area contributed by atoms with Crippen molar-refractivity contribution < 1.29 is 19.8 Å². The molecule has 0 aliphatic heterocycles. The van der Waals surface area contributed by atoms with Gasteiger partial charge < -0.3 is 20.0 Å². The number of amides is 1. The molecule has 1 aliphatic carbocycles. The topological polar surface area (TPSA) is 81.1 Å². The molecule has 1 amide bonds. The van der Waals surface area contributed by atoms with Gasteiger partial charge in [-0.1, -0.05) is 55.0 Å². The van der Waals surface area contributed by atoms with Crippen LogP contribution in [0.15, 0.2) is 78.9 Å². The Balaban J connectivity index is 1.60. The van der Waals surface area contributed by atoms with Crippen molar-refractivity contribution in [2.24, 2.45) is 5.92 Å². The third-order valence-corrected chi connectivity index (χ3v) is 6.87. The van der Waals surface area contributed by atoms with E-state index >= 15 is 0 Å². The average Bonchev–Trinajstić information content (AvgIpc) is 2.91. The van der Waals surface area contributed by atoms with Crippen molar-refractivity contribution in [3.8, 4) is 11.1 Å². The molecule has 2 unspecified atom stereocenters. The van der Waals surface area contributed by atoms with E-state index in [1.165, 1.54) is 6.08 Å². The fourth-order valence-corrected chi connectivity index (χ4v) is 4.81. The third-order valence-electron chi connectivity index (χ3n) is 6.87. The molecule has 0 saturated heterocycles. The van der Waals surface area contributed by atoms with Gasteiger partial charge in [0.05, 0.1) is 12.6 Å². The molecule has 0 spiro atoms. The molecule has 2 N–H and O–H groups in total. The predicted molar refractivity (Wildman–Crippen MR) is 148 cm³/mol. The molecule has 0 aromatic heterocycles. The van der Waals surface area contributed by atoms with E-state index in [1.807, 2.05) is 50.5 Å². The zero-order valence-corrected chi connectivity index (χ0v) is 21.4. The lowest BCUT2D eigenvalue weighted by atomic mass is 9.86. The van der Waals surface area contributed by atoms with Crippen LogP contribution in [0.5, 0.6) is 0 Å². The van der Waals surface area contributed by atoms with Crippen LogP contribution in [0.25, 0.3) is 17.2 Å². The van der Waals surface area contributed by atoms with Gasteiger partial charge in [-0.3, -0.25) is 4.79 Å². The van der Waals surface area contributed by atoms with Gasteiger partial charge in [0, 0.05) is 37.5 Å². The van der Waals surface area contributed by atoms with Crippen molar-refractivity contribution in [2.75, 3.05) is 23.9 Å². The monoisotopic (exact) mass is 498 g/mol. The quantitative estimate of drug-likeness (QED) is 0.395. The first kappa shape index (κ1) is 26.2. The first-order chi connectivity index (χ1) is 17.8. The summed E-state index contributed by atoms with van der Waals surface area (Å²) in [6, 6.07) is 23.9. The number of benzene rings is 3. The van der Waals surface area contributed by atoms with Crippen LogP contribution in [0.2, 0.25) is 0 Å². The number of aliphatic hydroxyl groups is 1. The smallest absolute Gasteiger partial charge is 0.328 e. The minimum atomic E-state index is -1.02. The largest absolute Gasteiger partial charge is 0.478 e. The standard InChI is InChI=1S/C31H34N2O4/c1-32(2)27-16-14-25(15-17-27)24-12-9-23(10-13-24)21-33(31(37)26-6-4-8-29(34)20-26)28-7-3-5-22(19-28)11-18-30(35)36/h3,5,7,9-19,26,29,34H,4,6,8,20-21H2,1-2H3,(H,35,36). The number of rotatable bonds is 8. The van der Waals surface area contributed by atoms with Crippen LogP contribution in [0.3, 0.4) is 0 Å². The summed E-state index contributed by atoms with van der Waals surface area (Å²) in [5.41, 5.74) is 5.77. The molecule has 1 aliphatic rings. The predicted octanol–water partition coefficient (Wildman–Crippen LogP) is 5.60. The number of carbonyl (C=O) groups is 2. The SMILES string of the molecule is CN(C)c1ccc(-c2ccc(CN(C(=O)C3CCCC(O)C3)c3cccc(C=CC(=O)O)c3)cc2)cc1. The Labute approximate surface area is 218 Å². The van der Waals surface area contributed by atoms with Gasteiger partial charge in [-0.05, 0) is 71.9 Å². The van der Waals surface area contributed by atoms with E-state index in [4.69, 9.17) is 5.11 Å². The second-order valence-electron chi connectivity index (χ2n) is 9.85. The van der Waals surface area contributed by atoms with Crippen LogP contribution in [-0.2, 0) is 16.1 Å². The summed E-state index contributed by atoms with van der Waals surface area (Å²) in [6.07, 6.45) is 4.95. The van der Waals surface area contributed by atoms with Crippen molar-refractivity contribution in [3.63, 3.8) is 0 Å². The van der Waals surface area contributed by atoms with E-state index in [1.54, 1.807) is 4.90 Å². The van der Waals surface area contributed by atoms with Crippen LogP contribution in [-0.4, -0.2) is 42.3 Å². The number of aliphatic hydroxyl groups excluding tert-OH is 1. The van der Waals surface area contributed by atoms with Gasteiger partial charge in [0.25, 0.3) is 0 Å². The Morgan fingerprint density at radius 2 is 1.59 bits per heavy atom. The van der Waals surface area contributed by atoms with Crippen LogP contribution in [0, 0.1) is 5.92 Å². The number of carboxylic acids is 1. The third kappa shape index (κ3) is 6.86. The molecule has 0 heterocycles. The summed E-state index contributed by atoms with van der Waals surface area (Å²) in [5, 5.41) is 19.2. The van der Waals surface area contributed by atoms with E-state index in [-0.39, 0.29) is 11.8 Å². The lowest BCUT2D eigenvalue weighted by molar-refractivity contribution is -0.131. The van der Waals surface area contributed by atoms with E-state index < -0.39 is 12.1 Å².